The molecule has 0 saturated heterocycles. The fraction of sp³-hybridized carbons (Fsp3) is 0.429. The Morgan fingerprint density at radius 2 is 1.90 bits per heavy atom. The Labute approximate surface area is 120 Å². The molecular weight excluding hydrogens is 284 g/mol. The monoisotopic (exact) mass is 299 g/mol. The van der Waals surface area contributed by atoms with Gasteiger partial charge in [0.05, 0.1) is 6.42 Å². The van der Waals surface area contributed by atoms with E-state index in [4.69, 9.17) is 5.11 Å². The Hall–Kier alpha value is -2.18. The predicted molar refractivity (Wildman–Crippen MR) is 69.1 cm³/mol. The molecule has 1 aliphatic carbocycles. The number of halogens is 2. The van der Waals surface area contributed by atoms with Crippen LogP contribution in [0.15, 0.2) is 24.3 Å². The lowest BCUT2D eigenvalue weighted by Crippen LogP contribution is -2.38. The molecule has 1 aromatic rings. The second kappa shape index (κ2) is 6.51. The minimum absolute atomic E-state index is 0.00930. The third kappa shape index (κ3) is 4.70. The number of amides is 1. The van der Waals surface area contributed by atoms with Crippen LogP contribution in [0.5, 0.6) is 5.75 Å². The van der Waals surface area contributed by atoms with Crippen molar-refractivity contribution in [2.45, 2.75) is 31.9 Å². The first kappa shape index (κ1) is 15.2. The molecule has 0 spiro atoms. The van der Waals surface area contributed by atoms with Crippen LogP contribution in [0.25, 0.3) is 0 Å². The summed E-state index contributed by atoms with van der Waals surface area (Å²) in [7, 11) is 0. The van der Waals surface area contributed by atoms with Crippen molar-refractivity contribution >= 4 is 11.9 Å². The zero-order chi connectivity index (χ0) is 15.4. The number of ether oxygens (including phenoxy) is 1. The van der Waals surface area contributed by atoms with Crippen LogP contribution in [0.2, 0.25) is 0 Å². The summed E-state index contributed by atoms with van der Waals surface area (Å²) in [4.78, 5) is 24.2. The average Bonchev–Trinajstić information content (AvgIpc) is 3.21. The van der Waals surface area contributed by atoms with Gasteiger partial charge in [-0.2, -0.15) is 8.78 Å². The predicted octanol–water partition coefficient (Wildman–Crippen LogP) is 1.91. The molecule has 1 amide bonds. The molecule has 1 N–H and O–H groups in total. The summed E-state index contributed by atoms with van der Waals surface area (Å²) in [5, 5.41) is 8.81. The molecule has 0 aromatic heterocycles. The Morgan fingerprint density at radius 3 is 2.38 bits per heavy atom. The van der Waals surface area contributed by atoms with Crippen LogP contribution in [-0.2, 0) is 16.0 Å². The second-order valence-electron chi connectivity index (χ2n) is 4.85. The number of nitrogens with zero attached hydrogens (tertiary/aromatic N) is 1. The third-order valence-corrected chi connectivity index (χ3v) is 3.12. The Balaban J connectivity index is 1.96. The quantitative estimate of drug-likeness (QED) is 0.835. The van der Waals surface area contributed by atoms with Crippen LogP contribution >= 0.6 is 0 Å². The summed E-state index contributed by atoms with van der Waals surface area (Å²) in [5.41, 5.74) is 0.623. The zero-order valence-corrected chi connectivity index (χ0v) is 11.2. The number of carbonyl (C=O) groups excluding carboxylic acids is 1. The van der Waals surface area contributed by atoms with Crippen molar-refractivity contribution in [1.29, 1.82) is 0 Å². The van der Waals surface area contributed by atoms with Crippen LogP contribution in [0, 0.1) is 0 Å². The number of carbonyl (C=O) groups is 2. The maximum atomic E-state index is 12.1. The Kier molecular flexibility index (Phi) is 4.72. The van der Waals surface area contributed by atoms with Crippen molar-refractivity contribution in [3.05, 3.63) is 29.8 Å². The molecule has 7 heteroatoms. The first-order chi connectivity index (χ1) is 9.95. The van der Waals surface area contributed by atoms with Gasteiger partial charge in [-0.15, -0.1) is 0 Å². The fourth-order valence-corrected chi connectivity index (χ4v) is 2.02. The summed E-state index contributed by atoms with van der Waals surface area (Å²) in [6, 6.07) is 5.75. The average molecular weight is 299 g/mol. The topological polar surface area (TPSA) is 66.8 Å². The number of hydrogen-bond donors (Lipinski definition) is 1. The Morgan fingerprint density at radius 1 is 1.29 bits per heavy atom. The number of rotatable bonds is 7. The van der Waals surface area contributed by atoms with Crippen molar-refractivity contribution in [2.75, 3.05) is 6.54 Å². The second-order valence-corrected chi connectivity index (χ2v) is 4.85. The van der Waals surface area contributed by atoms with E-state index >= 15 is 0 Å². The number of hydrogen-bond acceptors (Lipinski definition) is 3. The maximum Gasteiger partial charge on any atom is 0.387 e. The van der Waals surface area contributed by atoms with Gasteiger partial charge in [0.1, 0.15) is 12.3 Å². The molecular formula is C14H15F2NO4. The number of carboxylic acid groups (broad SMARTS) is 1. The largest absolute Gasteiger partial charge is 0.480 e. The number of aliphatic carboxylic acids is 1. The van der Waals surface area contributed by atoms with Crippen LogP contribution < -0.4 is 4.74 Å². The molecule has 0 bridgehead atoms. The van der Waals surface area contributed by atoms with E-state index in [0.29, 0.717) is 5.56 Å². The van der Waals surface area contributed by atoms with E-state index in [2.05, 4.69) is 4.74 Å². The van der Waals surface area contributed by atoms with Gasteiger partial charge in [0, 0.05) is 6.04 Å². The summed E-state index contributed by atoms with van der Waals surface area (Å²) in [6.45, 7) is -3.20. The van der Waals surface area contributed by atoms with E-state index in [0.717, 1.165) is 12.8 Å². The highest BCUT2D eigenvalue weighted by atomic mass is 19.3. The van der Waals surface area contributed by atoms with Gasteiger partial charge >= 0.3 is 12.6 Å². The molecule has 114 valence electrons. The number of benzene rings is 1. The van der Waals surface area contributed by atoms with Crippen molar-refractivity contribution in [3.8, 4) is 5.75 Å². The van der Waals surface area contributed by atoms with E-state index in [1.807, 2.05) is 0 Å². The van der Waals surface area contributed by atoms with Crippen molar-refractivity contribution in [3.63, 3.8) is 0 Å². The first-order valence-electron chi connectivity index (χ1n) is 6.50. The molecule has 21 heavy (non-hydrogen) atoms. The molecule has 0 aliphatic heterocycles. The molecule has 2 rings (SSSR count). The molecule has 5 nitrogen and oxygen atoms in total. The summed E-state index contributed by atoms with van der Waals surface area (Å²) < 4.78 is 28.2. The highest BCUT2D eigenvalue weighted by molar-refractivity contribution is 5.83. The van der Waals surface area contributed by atoms with Gasteiger partial charge in [-0.25, -0.2) is 0 Å². The molecule has 0 heterocycles. The maximum absolute atomic E-state index is 12.1. The minimum Gasteiger partial charge on any atom is -0.480 e. The van der Waals surface area contributed by atoms with Crippen molar-refractivity contribution in [1.82, 2.24) is 4.90 Å². The van der Waals surface area contributed by atoms with E-state index in [1.54, 1.807) is 0 Å². The molecule has 1 saturated carbocycles. The standard InChI is InChI=1S/C14H15F2NO4/c15-14(16)21-11-5-1-9(2-6-11)7-12(18)17(8-13(19)20)10-3-4-10/h1-2,5-6,10,14H,3-4,7-8H2,(H,19,20). The fourth-order valence-electron chi connectivity index (χ4n) is 2.02. The highest BCUT2D eigenvalue weighted by Crippen LogP contribution is 2.27. The van der Waals surface area contributed by atoms with E-state index < -0.39 is 12.6 Å². The van der Waals surface area contributed by atoms with Gasteiger partial charge in [-0.1, -0.05) is 12.1 Å². The zero-order valence-electron chi connectivity index (χ0n) is 11.2. The van der Waals surface area contributed by atoms with Gasteiger partial charge in [-0.05, 0) is 30.5 Å². The van der Waals surface area contributed by atoms with Gasteiger partial charge in [-0.3, -0.25) is 9.59 Å². The molecule has 1 aromatic carbocycles. The first-order valence-corrected chi connectivity index (χ1v) is 6.50. The van der Waals surface area contributed by atoms with Crippen LogP contribution in [0.3, 0.4) is 0 Å². The number of carboxylic acids is 1. The van der Waals surface area contributed by atoms with Crippen LogP contribution in [0.4, 0.5) is 8.78 Å². The van der Waals surface area contributed by atoms with Crippen LogP contribution in [0.1, 0.15) is 18.4 Å². The minimum atomic E-state index is -2.89. The van der Waals surface area contributed by atoms with Crippen molar-refractivity contribution in [2.24, 2.45) is 0 Å². The summed E-state index contributed by atoms with van der Waals surface area (Å²) in [5.74, 6) is -1.30. The smallest absolute Gasteiger partial charge is 0.387 e. The lowest BCUT2D eigenvalue weighted by Gasteiger charge is -2.20. The van der Waals surface area contributed by atoms with Gasteiger partial charge in [0.2, 0.25) is 5.91 Å². The van der Waals surface area contributed by atoms with E-state index in [9.17, 15) is 18.4 Å². The highest BCUT2D eigenvalue weighted by Gasteiger charge is 2.33. The SMILES string of the molecule is O=C(O)CN(C(=O)Cc1ccc(OC(F)F)cc1)C1CC1. The molecule has 0 atom stereocenters. The van der Waals surface area contributed by atoms with Crippen molar-refractivity contribution < 1.29 is 28.2 Å². The lowest BCUT2D eigenvalue weighted by atomic mass is 10.1. The summed E-state index contributed by atoms with van der Waals surface area (Å²) >= 11 is 0. The van der Waals surface area contributed by atoms with E-state index in [-0.39, 0.29) is 30.7 Å². The normalized spacial score (nSPS) is 14.0. The van der Waals surface area contributed by atoms with Gasteiger partial charge in [0.25, 0.3) is 0 Å². The summed E-state index contributed by atoms with van der Waals surface area (Å²) in [6.07, 6.45) is 1.68. The van der Waals surface area contributed by atoms with Gasteiger partial charge in [0.15, 0.2) is 0 Å². The Bertz CT molecular complexity index is 514. The lowest BCUT2D eigenvalue weighted by molar-refractivity contribution is -0.144. The van der Waals surface area contributed by atoms with Crippen LogP contribution in [-0.4, -0.2) is 41.1 Å². The number of alkyl halides is 2. The molecule has 1 fully saturated rings. The van der Waals surface area contributed by atoms with E-state index in [1.165, 1.54) is 29.2 Å². The molecule has 0 unspecified atom stereocenters. The molecule has 0 radical (unpaired) electrons. The van der Waals surface area contributed by atoms with Gasteiger partial charge < -0.3 is 14.7 Å². The molecule has 1 aliphatic rings. The third-order valence-electron chi connectivity index (χ3n) is 3.12.